The van der Waals surface area contributed by atoms with E-state index in [1.165, 1.54) is 48.0 Å². The lowest BCUT2D eigenvalue weighted by Crippen LogP contribution is -2.43. The molecule has 0 radical (unpaired) electrons. The van der Waals surface area contributed by atoms with Crippen molar-refractivity contribution in [1.29, 1.82) is 0 Å². The topological polar surface area (TPSA) is 110 Å². The Morgan fingerprint density at radius 2 is 1.81 bits per heavy atom. The van der Waals surface area contributed by atoms with Crippen LogP contribution in [-0.2, 0) is 0 Å². The summed E-state index contributed by atoms with van der Waals surface area (Å²) in [6, 6.07) is 4.46. The molecule has 1 saturated heterocycles. The number of hydrazine groups is 1. The molecule has 0 spiro atoms. The Kier molecular flexibility index (Phi) is 12.2. The summed E-state index contributed by atoms with van der Waals surface area (Å²) in [7, 11) is 1.38. The average Bonchev–Trinajstić information content (AvgIpc) is 3.77. The van der Waals surface area contributed by atoms with Gasteiger partial charge in [0.25, 0.3) is 17.9 Å². The van der Waals surface area contributed by atoms with Gasteiger partial charge in [-0.1, -0.05) is 51.3 Å². The van der Waals surface area contributed by atoms with Crippen LogP contribution in [0.5, 0.6) is 5.75 Å². The first-order valence-electron chi connectivity index (χ1n) is 14.3. The fraction of sp³-hybridized carbons (Fsp3) is 0.419. The lowest BCUT2D eigenvalue weighted by atomic mass is 10.00. The summed E-state index contributed by atoms with van der Waals surface area (Å²) in [5.41, 5.74) is 6.71. The van der Waals surface area contributed by atoms with Crippen molar-refractivity contribution < 1.29 is 18.3 Å². The van der Waals surface area contributed by atoms with Crippen molar-refractivity contribution in [3.63, 3.8) is 0 Å². The maximum Gasteiger partial charge on any atom is 0.280 e. The summed E-state index contributed by atoms with van der Waals surface area (Å²) in [5, 5.41) is 2.68. The summed E-state index contributed by atoms with van der Waals surface area (Å²) < 4.78 is 33.9. The molecule has 4 heterocycles. The normalized spacial score (nSPS) is 17.1. The highest BCUT2D eigenvalue weighted by molar-refractivity contribution is 8.00. The molecule has 2 fully saturated rings. The quantitative estimate of drug-likeness (QED) is 0.313. The van der Waals surface area contributed by atoms with Crippen molar-refractivity contribution >= 4 is 17.7 Å². The number of nitrogens with one attached hydrogen (secondary N) is 3. The van der Waals surface area contributed by atoms with E-state index < -0.39 is 23.5 Å². The SMILES string of the molecule is CC.CC.COc1cnc(C(F)F)cc1-c1cc(-n2ccc(C)c(C)c2=O)ncc1C(=O)NC1NNC(C#CC2CC2)S1. The van der Waals surface area contributed by atoms with Crippen molar-refractivity contribution in [2.75, 3.05) is 7.11 Å². The van der Waals surface area contributed by atoms with Gasteiger partial charge in [0.2, 0.25) is 0 Å². The molecule has 1 amide bonds. The number of thioether (sulfide) groups is 1. The van der Waals surface area contributed by atoms with Crippen LogP contribution in [0.3, 0.4) is 0 Å². The number of rotatable bonds is 6. The largest absolute Gasteiger partial charge is 0.494 e. The van der Waals surface area contributed by atoms with Gasteiger partial charge < -0.3 is 10.1 Å². The highest BCUT2D eigenvalue weighted by atomic mass is 32.2. The monoisotopic (exact) mass is 612 g/mol. The van der Waals surface area contributed by atoms with Crippen LogP contribution < -0.4 is 26.5 Å². The molecular formula is C31H38F2N6O3S. The molecule has 3 aromatic heterocycles. The number of nitrogens with zero attached hydrogens (tertiary/aromatic N) is 3. The molecule has 3 N–H and O–H groups in total. The maximum atomic E-state index is 13.6. The Balaban J connectivity index is 0.00000121. The van der Waals surface area contributed by atoms with E-state index in [2.05, 4.69) is 38.0 Å². The molecule has 2 unspecified atom stereocenters. The summed E-state index contributed by atoms with van der Waals surface area (Å²) in [5.74, 6) is 6.69. The van der Waals surface area contributed by atoms with Gasteiger partial charge >= 0.3 is 0 Å². The third kappa shape index (κ3) is 8.19. The molecule has 9 nitrogen and oxygen atoms in total. The van der Waals surface area contributed by atoms with Crippen molar-refractivity contribution in [2.45, 2.75) is 71.7 Å². The van der Waals surface area contributed by atoms with E-state index in [0.29, 0.717) is 11.5 Å². The summed E-state index contributed by atoms with van der Waals surface area (Å²) in [6.45, 7) is 11.5. The van der Waals surface area contributed by atoms with Gasteiger partial charge in [0, 0.05) is 35.0 Å². The van der Waals surface area contributed by atoms with E-state index in [1.54, 1.807) is 19.2 Å². The second-order valence-corrected chi connectivity index (χ2v) is 10.4. The van der Waals surface area contributed by atoms with Gasteiger partial charge in [0.15, 0.2) is 0 Å². The van der Waals surface area contributed by atoms with Gasteiger partial charge in [0.05, 0.1) is 18.9 Å². The number of ether oxygens (including phenoxy) is 1. The summed E-state index contributed by atoms with van der Waals surface area (Å²) in [4.78, 5) is 34.6. The number of aromatic nitrogens is 3. The van der Waals surface area contributed by atoms with E-state index >= 15 is 0 Å². The number of pyridine rings is 3. The predicted molar refractivity (Wildman–Crippen MR) is 166 cm³/mol. The number of amides is 1. The molecule has 43 heavy (non-hydrogen) atoms. The number of halogens is 2. The Morgan fingerprint density at radius 1 is 1.09 bits per heavy atom. The van der Waals surface area contributed by atoms with Crippen LogP contribution in [0.4, 0.5) is 8.78 Å². The van der Waals surface area contributed by atoms with E-state index in [-0.39, 0.29) is 39.2 Å². The molecule has 0 bridgehead atoms. The van der Waals surface area contributed by atoms with Crippen LogP contribution >= 0.6 is 11.8 Å². The Bertz CT molecular complexity index is 1550. The molecule has 1 saturated carbocycles. The first kappa shape index (κ1) is 33.7. The average molecular weight is 613 g/mol. The molecule has 2 aliphatic rings. The van der Waals surface area contributed by atoms with Crippen molar-refractivity contribution in [3.05, 3.63) is 69.5 Å². The van der Waals surface area contributed by atoms with E-state index in [9.17, 15) is 18.4 Å². The number of hydrogen-bond acceptors (Lipinski definition) is 8. The van der Waals surface area contributed by atoms with Gasteiger partial charge in [-0.2, -0.15) is 0 Å². The molecule has 2 atom stereocenters. The number of carbonyl (C=O) groups is 1. The zero-order chi connectivity index (χ0) is 31.7. The van der Waals surface area contributed by atoms with Crippen LogP contribution in [-0.4, -0.2) is 38.4 Å². The maximum absolute atomic E-state index is 13.6. The number of carbonyl (C=O) groups excluding carboxylic acids is 1. The molecule has 0 aromatic carbocycles. The minimum atomic E-state index is -2.84. The Morgan fingerprint density at radius 3 is 2.47 bits per heavy atom. The van der Waals surface area contributed by atoms with Gasteiger partial charge in [-0.25, -0.2) is 24.6 Å². The zero-order valence-electron chi connectivity index (χ0n) is 25.4. The van der Waals surface area contributed by atoms with Crippen molar-refractivity contribution in [3.8, 4) is 34.5 Å². The first-order valence-corrected chi connectivity index (χ1v) is 15.2. The third-order valence-corrected chi connectivity index (χ3v) is 7.50. The van der Waals surface area contributed by atoms with E-state index in [1.807, 2.05) is 34.6 Å². The third-order valence-electron chi connectivity index (χ3n) is 6.48. The highest BCUT2D eigenvalue weighted by Crippen LogP contribution is 2.35. The zero-order valence-corrected chi connectivity index (χ0v) is 26.2. The predicted octanol–water partition coefficient (Wildman–Crippen LogP) is 5.50. The molecule has 5 rings (SSSR count). The molecule has 12 heteroatoms. The standard InChI is InChI=1S/C27H26F2N6O3S.2C2H6/c1-14-8-9-35(26(37)15(14)2)22-11-17(18-10-20(24(28)29)30-13-21(18)38-3)19(12-31-22)25(36)32-27-34-33-23(39-27)7-6-16-4-5-16;2*1-2/h8-13,16,23-24,27,33-34H,4-5H2,1-3H3,(H,32,36);2*1-2H3. The van der Waals surface area contributed by atoms with Gasteiger partial charge in [-0.3, -0.25) is 19.1 Å². The second kappa shape index (κ2) is 15.6. The Hall–Kier alpha value is -3.79. The van der Waals surface area contributed by atoms with Crippen LogP contribution in [0.15, 0.2) is 41.6 Å². The lowest BCUT2D eigenvalue weighted by molar-refractivity contribution is 0.0945. The summed E-state index contributed by atoms with van der Waals surface area (Å²) >= 11 is 1.40. The molecule has 3 aromatic rings. The smallest absolute Gasteiger partial charge is 0.280 e. The van der Waals surface area contributed by atoms with Crippen molar-refractivity contribution in [1.82, 2.24) is 30.7 Å². The first-order chi connectivity index (χ1) is 20.7. The molecule has 230 valence electrons. The van der Waals surface area contributed by atoms with Crippen LogP contribution in [0.1, 0.15) is 74.1 Å². The summed E-state index contributed by atoms with van der Waals surface area (Å²) in [6.07, 6.45) is 3.48. The molecule has 1 aliphatic heterocycles. The number of aryl methyl sites for hydroxylation is 1. The second-order valence-electron chi connectivity index (χ2n) is 9.22. The van der Waals surface area contributed by atoms with E-state index in [0.717, 1.165) is 18.4 Å². The molecule has 1 aliphatic carbocycles. The highest BCUT2D eigenvalue weighted by Gasteiger charge is 2.28. The lowest BCUT2D eigenvalue weighted by Gasteiger charge is -2.17. The van der Waals surface area contributed by atoms with Gasteiger partial charge in [0.1, 0.15) is 28.1 Å². The van der Waals surface area contributed by atoms with Crippen molar-refractivity contribution in [2.24, 2.45) is 5.92 Å². The number of methoxy groups -OCH3 is 1. The van der Waals surface area contributed by atoms with Crippen LogP contribution in [0, 0.1) is 31.6 Å². The van der Waals surface area contributed by atoms with Crippen LogP contribution in [0.2, 0.25) is 0 Å². The van der Waals surface area contributed by atoms with Gasteiger partial charge in [-0.05, 0) is 50.5 Å². The number of hydrogen-bond donors (Lipinski definition) is 3. The van der Waals surface area contributed by atoms with E-state index in [4.69, 9.17) is 4.74 Å². The Labute approximate surface area is 255 Å². The minimum Gasteiger partial charge on any atom is -0.494 e. The van der Waals surface area contributed by atoms with Crippen LogP contribution in [0.25, 0.3) is 16.9 Å². The number of alkyl halides is 2. The minimum absolute atomic E-state index is 0.107. The fourth-order valence-electron chi connectivity index (χ4n) is 3.95. The fourth-order valence-corrected chi connectivity index (χ4v) is 4.81. The molecular weight excluding hydrogens is 574 g/mol. The van der Waals surface area contributed by atoms with Gasteiger partial charge in [-0.15, -0.1) is 0 Å².